The van der Waals surface area contributed by atoms with Gasteiger partial charge in [0, 0.05) is 20.2 Å². The van der Waals surface area contributed by atoms with Gasteiger partial charge in [-0.05, 0) is 6.07 Å². The summed E-state index contributed by atoms with van der Waals surface area (Å²) in [6, 6.07) is 0.555. The summed E-state index contributed by atoms with van der Waals surface area (Å²) in [6.07, 6.45) is -10.1. The lowest BCUT2D eigenvalue weighted by Crippen LogP contribution is -2.41. The van der Waals surface area contributed by atoms with E-state index in [0.717, 1.165) is 7.05 Å². The molecule has 3 aromatic rings. The van der Waals surface area contributed by atoms with E-state index in [0.29, 0.717) is 17.7 Å². The van der Waals surface area contributed by atoms with Crippen LogP contribution in [0.2, 0.25) is 5.02 Å². The lowest BCUT2D eigenvalue weighted by atomic mass is 10.2. The Morgan fingerprint density at radius 3 is 2.07 bits per heavy atom. The van der Waals surface area contributed by atoms with Crippen LogP contribution in [0.3, 0.4) is 0 Å². The maximum Gasteiger partial charge on any atom is 0.449 e. The van der Waals surface area contributed by atoms with E-state index in [2.05, 4.69) is 4.98 Å². The van der Waals surface area contributed by atoms with Gasteiger partial charge in [0.25, 0.3) is 5.56 Å². The van der Waals surface area contributed by atoms with Crippen molar-refractivity contribution in [3.63, 3.8) is 0 Å². The molecule has 3 rings (SSSR count). The van der Waals surface area contributed by atoms with Crippen molar-refractivity contribution in [3.05, 3.63) is 55.3 Å². The van der Waals surface area contributed by atoms with Crippen LogP contribution in [0.1, 0.15) is 11.5 Å². The Labute approximate surface area is 160 Å². The summed E-state index contributed by atoms with van der Waals surface area (Å²) in [5, 5.41) is -0.511. The lowest BCUT2D eigenvalue weighted by molar-refractivity contribution is -0.146. The molecule has 0 saturated carbocycles. The van der Waals surface area contributed by atoms with Gasteiger partial charge >= 0.3 is 18.0 Å². The van der Waals surface area contributed by atoms with E-state index in [1.54, 1.807) is 0 Å². The van der Waals surface area contributed by atoms with E-state index in [9.17, 15) is 40.3 Å². The third kappa shape index (κ3) is 3.18. The average molecular weight is 445 g/mol. The van der Waals surface area contributed by atoms with E-state index < -0.39 is 62.7 Å². The summed E-state index contributed by atoms with van der Waals surface area (Å²) in [7, 11) is 1.59. The summed E-state index contributed by atoms with van der Waals surface area (Å²) < 4.78 is 93.5. The molecule has 0 unspecified atom stereocenters. The summed E-state index contributed by atoms with van der Waals surface area (Å²) in [4.78, 5) is 27.9. The van der Waals surface area contributed by atoms with Crippen molar-refractivity contribution in [2.24, 2.45) is 14.1 Å². The molecule has 0 radical (unpaired) electrons. The number of rotatable bonds is 1. The molecule has 0 saturated heterocycles. The van der Waals surface area contributed by atoms with Crippen molar-refractivity contribution in [3.8, 4) is 5.69 Å². The number of alkyl halides is 6. The zero-order valence-corrected chi connectivity index (χ0v) is 15.0. The van der Waals surface area contributed by atoms with Crippen molar-refractivity contribution >= 4 is 22.6 Å². The minimum Gasteiger partial charge on any atom is -0.322 e. The van der Waals surface area contributed by atoms with Gasteiger partial charge in [0.2, 0.25) is 5.82 Å². The molecule has 156 valence electrons. The molecule has 2 heterocycles. The zero-order chi connectivity index (χ0) is 22.0. The van der Waals surface area contributed by atoms with E-state index in [1.165, 1.54) is 0 Å². The van der Waals surface area contributed by atoms with Crippen LogP contribution in [0.25, 0.3) is 16.7 Å². The number of aromatic nitrogens is 4. The predicted octanol–water partition coefficient (Wildman–Crippen LogP) is 3.25. The second kappa shape index (κ2) is 6.34. The molecule has 2 aromatic heterocycles. The molecule has 0 bridgehead atoms. The Kier molecular flexibility index (Phi) is 4.57. The molecule has 1 aromatic carbocycles. The zero-order valence-electron chi connectivity index (χ0n) is 14.3. The number of hydrogen-bond donors (Lipinski definition) is 0. The van der Waals surface area contributed by atoms with E-state index in [-0.39, 0.29) is 15.2 Å². The molecule has 6 nitrogen and oxygen atoms in total. The second-order valence-electron chi connectivity index (χ2n) is 5.92. The van der Waals surface area contributed by atoms with Gasteiger partial charge < -0.3 is 4.57 Å². The highest BCUT2D eigenvalue weighted by Crippen LogP contribution is 2.36. The lowest BCUT2D eigenvalue weighted by Gasteiger charge is -2.14. The van der Waals surface area contributed by atoms with E-state index >= 15 is 0 Å². The maximum absolute atomic E-state index is 14.6. The number of nitrogens with zero attached hydrogens (tertiary/aromatic N) is 4. The van der Waals surface area contributed by atoms with Crippen LogP contribution < -0.4 is 11.2 Å². The fraction of sp³-hybridized carbons (Fsp3) is 0.267. The Balaban J connectivity index is 2.51. The summed E-state index contributed by atoms with van der Waals surface area (Å²) >= 11 is 5.80. The number of imidazole rings is 1. The first-order valence-electron chi connectivity index (χ1n) is 7.48. The quantitative estimate of drug-likeness (QED) is 0.541. The number of benzene rings is 1. The SMILES string of the molecule is Cn1c(C(F)(F)F)cc(=O)n(-c2c(F)cc(Cl)c3c2nc(C(F)(F)F)n3C)c1=O. The van der Waals surface area contributed by atoms with Gasteiger partial charge in [0.1, 0.15) is 16.9 Å². The fourth-order valence-electron chi connectivity index (χ4n) is 2.87. The maximum atomic E-state index is 14.6. The largest absolute Gasteiger partial charge is 0.449 e. The number of hydrogen-bond acceptors (Lipinski definition) is 3. The van der Waals surface area contributed by atoms with Crippen LogP contribution in [-0.2, 0) is 26.4 Å². The van der Waals surface area contributed by atoms with E-state index in [1.807, 2.05) is 0 Å². The summed E-state index contributed by atoms with van der Waals surface area (Å²) in [5.74, 6) is -2.94. The van der Waals surface area contributed by atoms with Crippen LogP contribution in [0.4, 0.5) is 30.7 Å². The van der Waals surface area contributed by atoms with E-state index in [4.69, 9.17) is 11.6 Å². The number of aryl methyl sites for hydroxylation is 1. The minimum atomic E-state index is -5.07. The smallest absolute Gasteiger partial charge is 0.322 e. The van der Waals surface area contributed by atoms with Gasteiger partial charge in [0.05, 0.1) is 10.5 Å². The van der Waals surface area contributed by atoms with Crippen LogP contribution in [-0.4, -0.2) is 18.7 Å². The topological polar surface area (TPSA) is 61.8 Å². The standard InChI is InChI=1S/C15H8ClF7N4O2/c1-25-7(14(18,19)20)4-8(28)27(13(25)29)11-6(17)3-5(16)10-9(11)24-12(26(10)2)15(21,22)23/h3-4H,1-2H3. The first kappa shape index (κ1) is 20.9. The second-order valence-corrected chi connectivity index (χ2v) is 6.33. The number of halogens is 8. The van der Waals surface area contributed by atoms with Crippen LogP contribution in [0, 0.1) is 5.82 Å². The first-order valence-corrected chi connectivity index (χ1v) is 7.86. The Hall–Kier alpha value is -2.83. The minimum absolute atomic E-state index is 0.0227. The van der Waals surface area contributed by atoms with Crippen molar-refractivity contribution in [2.75, 3.05) is 0 Å². The van der Waals surface area contributed by atoms with Crippen molar-refractivity contribution in [1.82, 2.24) is 18.7 Å². The van der Waals surface area contributed by atoms with Gasteiger partial charge in [-0.2, -0.15) is 26.3 Å². The van der Waals surface area contributed by atoms with Crippen molar-refractivity contribution < 1.29 is 30.7 Å². The molecule has 29 heavy (non-hydrogen) atoms. The Morgan fingerprint density at radius 1 is 0.966 bits per heavy atom. The van der Waals surface area contributed by atoms with Gasteiger partial charge in [-0.1, -0.05) is 11.6 Å². The van der Waals surface area contributed by atoms with Crippen molar-refractivity contribution in [1.29, 1.82) is 0 Å². The van der Waals surface area contributed by atoms with Gasteiger partial charge in [-0.15, -0.1) is 0 Å². The Morgan fingerprint density at radius 2 is 1.55 bits per heavy atom. The molecule has 0 aliphatic carbocycles. The average Bonchev–Trinajstić information content (AvgIpc) is 2.90. The molecule has 0 amide bonds. The van der Waals surface area contributed by atoms with Crippen LogP contribution in [0.5, 0.6) is 0 Å². The normalized spacial score (nSPS) is 12.8. The predicted molar refractivity (Wildman–Crippen MR) is 86.5 cm³/mol. The summed E-state index contributed by atoms with van der Waals surface area (Å²) in [5.41, 5.74) is -7.19. The van der Waals surface area contributed by atoms with Crippen LogP contribution in [0.15, 0.2) is 21.7 Å². The van der Waals surface area contributed by atoms with Gasteiger partial charge in [0.15, 0.2) is 5.82 Å². The molecule has 0 atom stereocenters. The molecule has 0 aliphatic heterocycles. The monoisotopic (exact) mass is 444 g/mol. The highest BCUT2D eigenvalue weighted by Gasteiger charge is 2.39. The molecule has 0 N–H and O–H groups in total. The molecule has 0 fully saturated rings. The van der Waals surface area contributed by atoms with Crippen molar-refractivity contribution in [2.45, 2.75) is 12.4 Å². The van der Waals surface area contributed by atoms with Gasteiger partial charge in [-0.25, -0.2) is 18.7 Å². The molecular weight excluding hydrogens is 437 g/mol. The third-order valence-corrected chi connectivity index (χ3v) is 4.40. The number of fused-ring (bicyclic) bond motifs is 1. The molecule has 14 heteroatoms. The fourth-order valence-corrected chi connectivity index (χ4v) is 3.18. The molecular formula is C15H8ClF7N4O2. The molecule has 0 aliphatic rings. The highest BCUT2D eigenvalue weighted by molar-refractivity contribution is 6.35. The third-order valence-electron chi connectivity index (χ3n) is 4.11. The molecule has 0 spiro atoms. The van der Waals surface area contributed by atoms with Crippen LogP contribution >= 0.6 is 11.6 Å². The Bertz CT molecular complexity index is 1270. The van der Waals surface area contributed by atoms with Gasteiger partial charge in [-0.3, -0.25) is 9.36 Å². The summed E-state index contributed by atoms with van der Waals surface area (Å²) in [6.45, 7) is 0. The first-order chi connectivity index (χ1) is 13.2. The highest BCUT2D eigenvalue weighted by atomic mass is 35.5.